The first-order valence-electron chi connectivity index (χ1n) is 17.9. The number of halogens is 4. The van der Waals surface area contributed by atoms with E-state index in [4.69, 9.17) is 62.6 Å². The number of hydrogen-bond donors (Lipinski definition) is 5. The van der Waals surface area contributed by atoms with Crippen LogP contribution in [0, 0.1) is 0 Å². The summed E-state index contributed by atoms with van der Waals surface area (Å²) in [7, 11) is 0. The number of primary amides is 2. The second-order valence-corrected chi connectivity index (χ2v) is 14.2. The fourth-order valence-electron chi connectivity index (χ4n) is 5.48. The molecule has 13 nitrogen and oxygen atoms in total. The Hall–Kier alpha value is -5.99. The summed E-state index contributed by atoms with van der Waals surface area (Å²) < 4.78 is 5.64. The summed E-state index contributed by atoms with van der Waals surface area (Å²) in [6, 6.07) is 26.3. The number of anilines is 2. The molecular formula is C41H36Cl4N10O3. The molecule has 0 saturated heterocycles. The molecule has 0 spiro atoms. The van der Waals surface area contributed by atoms with Crippen LogP contribution in [0.4, 0.5) is 11.9 Å². The molecule has 3 aromatic heterocycles. The zero-order valence-electron chi connectivity index (χ0n) is 30.7. The first-order chi connectivity index (χ1) is 28.0. The topological polar surface area (TPSA) is 200 Å². The quantitative estimate of drug-likeness (QED) is 0.0621. The van der Waals surface area contributed by atoms with Crippen molar-refractivity contribution in [3.8, 4) is 28.3 Å². The van der Waals surface area contributed by atoms with Gasteiger partial charge in [-0.05, 0) is 73.5 Å². The molecule has 2 amide bonds. The van der Waals surface area contributed by atoms with Crippen molar-refractivity contribution in [2.45, 2.75) is 19.3 Å². The van der Waals surface area contributed by atoms with Gasteiger partial charge in [0, 0.05) is 60.2 Å². The van der Waals surface area contributed by atoms with E-state index < -0.39 is 11.8 Å². The molecule has 3 heterocycles. The zero-order valence-corrected chi connectivity index (χ0v) is 33.7. The van der Waals surface area contributed by atoms with Crippen molar-refractivity contribution in [2.24, 2.45) is 11.5 Å². The number of nitrogens with one attached hydrogen (secondary N) is 3. The van der Waals surface area contributed by atoms with Crippen LogP contribution in [0.1, 0.15) is 39.4 Å². The predicted molar refractivity (Wildman–Crippen MR) is 230 cm³/mol. The molecule has 0 aliphatic heterocycles. The van der Waals surface area contributed by atoms with Gasteiger partial charge in [-0.1, -0.05) is 70.7 Å². The third kappa shape index (κ3) is 11.5. The summed E-state index contributed by atoms with van der Waals surface area (Å²) in [4.78, 5) is 47.6. The number of nitrogens with zero attached hydrogens (tertiary/aromatic N) is 5. The lowest BCUT2D eigenvalue weighted by Gasteiger charge is -2.09. The molecule has 0 aliphatic carbocycles. The molecular weight excluding hydrogens is 822 g/mol. The number of imidazole rings is 1. The van der Waals surface area contributed by atoms with E-state index >= 15 is 0 Å². The van der Waals surface area contributed by atoms with Crippen molar-refractivity contribution in [2.75, 3.05) is 30.3 Å². The van der Waals surface area contributed by atoms with Crippen molar-refractivity contribution in [1.29, 1.82) is 0 Å². The van der Waals surface area contributed by atoms with Gasteiger partial charge in [0.1, 0.15) is 11.6 Å². The third-order valence-corrected chi connectivity index (χ3v) is 9.91. The van der Waals surface area contributed by atoms with Gasteiger partial charge in [0.15, 0.2) is 0 Å². The van der Waals surface area contributed by atoms with Gasteiger partial charge < -0.3 is 31.8 Å². The molecule has 58 heavy (non-hydrogen) atoms. The monoisotopic (exact) mass is 856 g/mol. The van der Waals surface area contributed by atoms with E-state index in [9.17, 15) is 9.59 Å². The lowest BCUT2D eigenvalue weighted by Crippen LogP contribution is -2.10. The summed E-state index contributed by atoms with van der Waals surface area (Å²) in [5.74, 6) is 1.68. The normalized spacial score (nSPS) is 10.8. The number of hydrogen-bond acceptors (Lipinski definition) is 10. The van der Waals surface area contributed by atoms with Crippen LogP contribution >= 0.6 is 46.4 Å². The fraction of sp³-hybridized carbons (Fsp3) is 0.146. The fourth-order valence-corrected chi connectivity index (χ4v) is 6.09. The largest absolute Gasteiger partial charge is 0.493 e. The average molecular weight is 859 g/mol. The van der Waals surface area contributed by atoms with Crippen molar-refractivity contribution in [3.05, 3.63) is 140 Å². The smallest absolute Gasteiger partial charge is 0.248 e. The number of rotatable bonds is 15. The Kier molecular flexibility index (Phi) is 14.3. The molecule has 7 N–H and O–H groups in total. The standard InChI is InChI=1S/C21H18Cl2N6O.C20H18Cl2N4O2/c22-14-10-17-18(11-15(14)23)28-19(27-17)2-1-8-25-21-26-9-7-16(29-21)12-3-5-13(6-4-12)20(24)30;21-16-7-6-15(12-17(16)22)28-11-1-9-24-20-25-10-8-18(26-20)13-2-4-14(5-3-13)19(23)27/h3-7,9-11H,1-2,8H2,(H2,24,30)(H,27,28)(H,25,26,29);2-8,10,12H,1,9,11H2,(H2,23,27)(H,24,25,26). The van der Waals surface area contributed by atoms with Gasteiger partial charge in [-0.2, -0.15) is 0 Å². The number of fused-ring (bicyclic) bond motifs is 1. The van der Waals surface area contributed by atoms with Crippen LogP contribution < -0.4 is 26.8 Å². The van der Waals surface area contributed by atoms with Crippen molar-refractivity contribution >= 4 is 81.1 Å². The molecule has 7 rings (SSSR count). The number of aromatic nitrogens is 6. The molecule has 7 aromatic rings. The Morgan fingerprint density at radius 2 is 1.16 bits per heavy atom. The molecule has 0 unspecified atom stereocenters. The minimum atomic E-state index is -0.459. The second-order valence-electron chi connectivity index (χ2n) is 12.6. The highest BCUT2D eigenvalue weighted by molar-refractivity contribution is 6.43. The van der Waals surface area contributed by atoms with Crippen LogP contribution in [0.3, 0.4) is 0 Å². The summed E-state index contributed by atoms with van der Waals surface area (Å²) in [6.07, 6.45) is 5.72. The number of carbonyl (C=O) groups is 2. The lowest BCUT2D eigenvalue weighted by molar-refractivity contribution is 0.0992. The number of amides is 2. The van der Waals surface area contributed by atoms with E-state index in [1.807, 2.05) is 18.2 Å². The van der Waals surface area contributed by atoms with Gasteiger partial charge in [0.25, 0.3) is 0 Å². The van der Waals surface area contributed by atoms with Gasteiger partial charge >= 0.3 is 0 Å². The first kappa shape index (κ1) is 41.6. The van der Waals surface area contributed by atoms with Crippen LogP contribution in [0.25, 0.3) is 33.5 Å². The van der Waals surface area contributed by atoms with Gasteiger partial charge in [0.05, 0.1) is 49.1 Å². The number of ether oxygens (including phenoxy) is 1. The Morgan fingerprint density at radius 1 is 0.621 bits per heavy atom. The summed E-state index contributed by atoms with van der Waals surface area (Å²) in [5.41, 5.74) is 16.4. The molecule has 0 aliphatic rings. The van der Waals surface area contributed by atoms with Crippen LogP contribution in [0.2, 0.25) is 20.1 Å². The van der Waals surface area contributed by atoms with Gasteiger partial charge in [0.2, 0.25) is 23.7 Å². The van der Waals surface area contributed by atoms with E-state index in [1.54, 1.807) is 85.2 Å². The second kappa shape index (κ2) is 19.9. The van der Waals surface area contributed by atoms with Crippen molar-refractivity contribution in [1.82, 2.24) is 29.9 Å². The minimum absolute atomic E-state index is 0.456. The maximum Gasteiger partial charge on any atom is 0.248 e. The summed E-state index contributed by atoms with van der Waals surface area (Å²) in [6.45, 7) is 1.84. The predicted octanol–water partition coefficient (Wildman–Crippen LogP) is 8.90. The average Bonchev–Trinajstić information content (AvgIpc) is 3.62. The highest BCUT2D eigenvalue weighted by Gasteiger charge is 2.09. The molecule has 17 heteroatoms. The van der Waals surface area contributed by atoms with Gasteiger partial charge in [-0.3, -0.25) is 9.59 Å². The molecule has 0 atom stereocenters. The van der Waals surface area contributed by atoms with Crippen LogP contribution in [-0.4, -0.2) is 61.4 Å². The molecule has 0 fully saturated rings. The van der Waals surface area contributed by atoms with Crippen molar-refractivity contribution in [3.63, 3.8) is 0 Å². The van der Waals surface area contributed by atoms with E-state index in [-0.39, 0.29) is 0 Å². The van der Waals surface area contributed by atoms with E-state index in [1.165, 1.54) is 0 Å². The summed E-state index contributed by atoms with van der Waals surface area (Å²) >= 11 is 23.9. The molecule has 0 bridgehead atoms. The van der Waals surface area contributed by atoms with Crippen LogP contribution in [0.15, 0.2) is 103 Å². The van der Waals surface area contributed by atoms with E-state index in [2.05, 4.69) is 40.5 Å². The Morgan fingerprint density at radius 3 is 1.71 bits per heavy atom. The Bertz CT molecular complexity index is 2480. The molecule has 4 aromatic carbocycles. The molecule has 0 saturated carbocycles. The lowest BCUT2D eigenvalue weighted by atomic mass is 10.1. The Labute approximate surface area is 353 Å². The van der Waals surface area contributed by atoms with Gasteiger partial charge in [-0.15, -0.1) is 0 Å². The number of aryl methyl sites for hydroxylation is 1. The number of carbonyl (C=O) groups excluding carboxylic acids is 2. The maximum absolute atomic E-state index is 11.2. The zero-order chi connectivity index (χ0) is 41.0. The van der Waals surface area contributed by atoms with E-state index in [0.29, 0.717) is 68.6 Å². The number of aromatic amines is 1. The molecule has 296 valence electrons. The van der Waals surface area contributed by atoms with Crippen LogP contribution in [-0.2, 0) is 6.42 Å². The van der Waals surface area contributed by atoms with Crippen molar-refractivity contribution < 1.29 is 14.3 Å². The highest BCUT2D eigenvalue weighted by Crippen LogP contribution is 2.28. The van der Waals surface area contributed by atoms with E-state index in [0.717, 1.165) is 58.6 Å². The Balaban J connectivity index is 0.000000196. The number of H-pyrrole nitrogens is 1. The molecule has 0 radical (unpaired) electrons. The number of benzene rings is 4. The SMILES string of the molecule is NC(=O)c1ccc(-c2ccnc(NCCCOc3ccc(Cl)c(Cl)c3)n2)cc1.NC(=O)c1ccc(-c2ccnc(NCCCc3nc4cc(Cl)c(Cl)cc4[nH]3)n2)cc1. The van der Waals surface area contributed by atoms with Gasteiger partial charge in [-0.25, -0.2) is 24.9 Å². The maximum atomic E-state index is 11.2. The third-order valence-electron chi connectivity index (χ3n) is 8.45. The first-order valence-corrected chi connectivity index (χ1v) is 19.4. The summed E-state index contributed by atoms with van der Waals surface area (Å²) in [5, 5.41) is 8.35. The van der Waals surface area contributed by atoms with Crippen LogP contribution in [0.5, 0.6) is 5.75 Å². The highest BCUT2D eigenvalue weighted by atomic mass is 35.5. The number of nitrogens with two attached hydrogens (primary N) is 2. The minimum Gasteiger partial charge on any atom is -0.493 e.